The van der Waals surface area contributed by atoms with E-state index < -0.39 is 10.0 Å². The zero-order valence-corrected chi connectivity index (χ0v) is 16.7. The SMILES string of the molecule is COC(=O)Cc1cccc(C2CCCN(S(=O)(=O)c3ccc(Cl)cc3)C2)c1. The second-order valence-electron chi connectivity index (χ2n) is 6.65. The molecule has 0 bridgehead atoms. The smallest absolute Gasteiger partial charge is 0.309 e. The van der Waals surface area contributed by atoms with Gasteiger partial charge in [-0.1, -0.05) is 35.9 Å². The number of benzene rings is 2. The maximum absolute atomic E-state index is 12.9. The minimum Gasteiger partial charge on any atom is -0.469 e. The van der Waals surface area contributed by atoms with Crippen LogP contribution in [0.4, 0.5) is 0 Å². The van der Waals surface area contributed by atoms with Gasteiger partial charge in [-0.05, 0) is 54.2 Å². The van der Waals surface area contributed by atoms with Crippen molar-refractivity contribution in [3.63, 3.8) is 0 Å². The molecule has 0 saturated carbocycles. The molecule has 1 heterocycles. The van der Waals surface area contributed by atoms with Gasteiger partial charge in [0, 0.05) is 18.1 Å². The highest BCUT2D eigenvalue weighted by Gasteiger charge is 2.31. The molecule has 144 valence electrons. The molecule has 7 heteroatoms. The Bertz CT molecular complexity index is 912. The standard InChI is InChI=1S/C20H22ClNO4S/c1-26-20(23)13-15-4-2-5-16(12-15)17-6-3-11-22(14-17)27(24,25)19-9-7-18(21)8-10-19/h2,4-5,7-10,12,17H,3,6,11,13-14H2,1H3. The number of piperidine rings is 1. The van der Waals surface area contributed by atoms with Gasteiger partial charge in [0.2, 0.25) is 10.0 Å². The van der Waals surface area contributed by atoms with E-state index in [0.717, 1.165) is 24.0 Å². The average Bonchev–Trinajstić information content (AvgIpc) is 2.68. The molecule has 1 saturated heterocycles. The van der Waals surface area contributed by atoms with Gasteiger partial charge in [0.25, 0.3) is 0 Å². The molecule has 0 amide bonds. The predicted octanol–water partition coefficient (Wildman–Crippen LogP) is 3.62. The van der Waals surface area contributed by atoms with Gasteiger partial charge >= 0.3 is 5.97 Å². The number of sulfonamides is 1. The lowest BCUT2D eigenvalue weighted by molar-refractivity contribution is -0.139. The molecule has 5 nitrogen and oxygen atoms in total. The lowest BCUT2D eigenvalue weighted by atomic mass is 9.90. The maximum Gasteiger partial charge on any atom is 0.309 e. The van der Waals surface area contributed by atoms with Crippen LogP contribution < -0.4 is 0 Å². The summed E-state index contributed by atoms with van der Waals surface area (Å²) in [4.78, 5) is 11.8. The molecule has 0 spiro atoms. The molecule has 2 aromatic carbocycles. The van der Waals surface area contributed by atoms with E-state index in [2.05, 4.69) is 0 Å². The minimum absolute atomic E-state index is 0.0958. The van der Waals surface area contributed by atoms with Crippen LogP contribution in [0.3, 0.4) is 0 Å². The summed E-state index contributed by atoms with van der Waals surface area (Å²) in [6, 6.07) is 14.0. The van der Waals surface area contributed by atoms with Crippen LogP contribution in [-0.4, -0.2) is 38.9 Å². The molecule has 0 N–H and O–H groups in total. The number of hydrogen-bond donors (Lipinski definition) is 0. The zero-order chi connectivity index (χ0) is 19.4. The van der Waals surface area contributed by atoms with Gasteiger partial charge in [0.05, 0.1) is 18.4 Å². The van der Waals surface area contributed by atoms with Gasteiger partial charge in [-0.2, -0.15) is 4.31 Å². The van der Waals surface area contributed by atoms with Crippen molar-refractivity contribution in [3.8, 4) is 0 Å². The van der Waals surface area contributed by atoms with E-state index in [1.54, 1.807) is 12.1 Å². The summed E-state index contributed by atoms with van der Waals surface area (Å²) in [5.41, 5.74) is 1.92. The molecule has 1 unspecified atom stereocenters. The summed E-state index contributed by atoms with van der Waals surface area (Å²) in [6.07, 6.45) is 1.91. The van der Waals surface area contributed by atoms with Crippen LogP contribution in [0.15, 0.2) is 53.4 Å². The summed E-state index contributed by atoms with van der Waals surface area (Å²) in [5.74, 6) is -0.193. The van der Waals surface area contributed by atoms with Crippen LogP contribution in [-0.2, 0) is 26.0 Å². The van der Waals surface area contributed by atoms with Crippen molar-refractivity contribution in [3.05, 3.63) is 64.7 Å². The molecule has 0 aliphatic carbocycles. The largest absolute Gasteiger partial charge is 0.469 e. The van der Waals surface area contributed by atoms with Crippen LogP contribution in [0.5, 0.6) is 0 Å². The zero-order valence-electron chi connectivity index (χ0n) is 15.1. The normalized spacial score (nSPS) is 18.2. The fourth-order valence-electron chi connectivity index (χ4n) is 3.38. The fourth-order valence-corrected chi connectivity index (χ4v) is 5.03. The monoisotopic (exact) mass is 407 g/mol. The lowest BCUT2D eigenvalue weighted by Gasteiger charge is -2.32. The molecule has 1 aliphatic heterocycles. The first-order chi connectivity index (χ1) is 12.9. The topological polar surface area (TPSA) is 63.7 Å². The Hall–Kier alpha value is -1.89. The second kappa shape index (κ2) is 8.42. The molecule has 1 aliphatic rings. The quantitative estimate of drug-likeness (QED) is 0.710. The number of rotatable bonds is 5. The number of methoxy groups -OCH3 is 1. The van der Waals surface area contributed by atoms with E-state index >= 15 is 0 Å². The number of nitrogens with zero attached hydrogens (tertiary/aromatic N) is 1. The molecular formula is C20H22ClNO4S. The van der Waals surface area contributed by atoms with Crippen molar-refractivity contribution in [2.75, 3.05) is 20.2 Å². The molecule has 1 atom stereocenters. The molecule has 27 heavy (non-hydrogen) atoms. The van der Waals surface area contributed by atoms with Gasteiger partial charge in [0.15, 0.2) is 0 Å². The van der Waals surface area contributed by atoms with Gasteiger partial charge in [-0.25, -0.2) is 8.42 Å². The summed E-state index contributed by atoms with van der Waals surface area (Å²) < 4.78 is 32.2. The molecular weight excluding hydrogens is 386 g/mol. The van der Waals surface area contributed by atoms with Gasteiger partial charge in [-0.3, -0.25) is 4.79 Å². The summed E-state index contributed by atoms with van der Waals surface area (Å²) in [7, 11) is -2.18. The Morgan fingerprint density at radius 3 is 2.67 bits per heavy atom. The van der Waals surface area contributed by atoms with Crippen LogP contribution >= 0.6 is 11.6 Å². The van der Waals surface area contributed by atoms with Crippen LogP contribution in [0.25, 0.3) is 0 Å². The van der Waals surface area contributed by atoms with Crippen molar-refractivity contribution in [2.45, 2.75) is 30.1 Å². The molecule has 0 aromatic heterocycles. The highest BCUT2D eigenvalue weighted by atomic mass is 35.5. The Morgan fingerprint density at radius 1 is 1.22 bits per heavy atom. The summed E-state index contributed by atoms with van der Waals surface area (Å²) in [6.45, 7) is 0.927. The van der Waals surface area contributed by atoms with E-state index in [0.29, 0.717) is 18.1 Å². The number of carbonyl (C=O) groups is 1. The first kappa shape index (κ1) is 19.9. The Morgan fingerprint density at radius 2 is 1.96 bits per heavy atom. The highest BCUT2D eigenvalue weighted by molar-refractivity contribution is 7.89. The van der Waals surface area contributed by atoms with Crippen molar-refractivity contribution < 1.29 is 17.9 Å². The fraction of sp³-hybridized carbons (Fsp3) is 0.350. The lowest BCUT2D eigenvalue weighted by Crippen LogP contribution is -2.39. The first-order valence-corrected chi connectivity index (χ1v) is 10.6. The Balaban J connectivity index is 1.79. The number of carbonyl (C=O) groups excluding carboxylic acids is 1. The Kier molecular flexibility index (Phi) is 6.19. The average molecular weight is 408 g/mol. The number of halogens is 1. The van der Waals surface area contributed by atoms with E-state index in [9.17, 15) is 13.2 Å². The van der Waals surface area contributed by atoms with Crippen molar-refractivity contribution in [2.24, 2.45) is 0 Å². The number of ether oxygens (including phenoxy) is 1. The minimum atomic E-state index is -3.55. The number of hydrogen-bond acceptors (Lipinski definition) is 4. The van der Waals surface area contributed by atoms with E-state index in [4.69, 9.17) is 16.3 Å². The summed E-state index contributed by atoms with van der Waals surface area (Å²) >= 11 is 5.87. The van der Waals surface area contributed by atoms with E-state index in [1.807, 2.05) is 24.3 Å². The number of esters is 1. The van der Waals surface area contributed by atoms with Gasteiger partial charge < -0.3 is 4.74 Å². The maximum atomic E-state index is 12.9. The third-order valence-corrected chi connectivity index (χ3v) is 6.97. The highest BCUT2D eigenvalue weighted by Crippen LogP contribution is 2.31. The molecule has 3 rings (SSSR count). The van der Waals surface area contributed by atoms with Gasteiger partial charge in [-0.15, -0.1) is 0 Å². The first-order valence-electron chi connectivity index (χ1n) is 8.81. The molecule has 0 radical (unpaired) electrons. The third-order valence-electron chi connectivity index (χ3n) is 4.83. The van der Waals surface area contributed by atoms with Crippen molar-refractivity contribution >= 4 is 27.6 Å². The van der Waals surface area contributed by atoms with E-state index in [1.165, 1.54) is 23.5 Å². The molecule has 1 fully saturated rings. The summed E-state index contributed by atoms with van der Waals surface area (Å²) in [5, 5.41) is 0.507. The van der Waals surface area contributed by atoms with Crippen LogP contribution in [0, 0.1) is 0 Å². The second-order valence-corrected chi connectivity index (χ2v) is 9.03. The Labute approximate surface area is 165 Å². The van der Waals surface area contributed by atoms with Gasteiger partial charge in [0.1, 0.15) is 0 Å². The predicted molar refractivity (Wildman–Crippen MR) is 104 cm³/mol. The van der Waals surface area contributed by atoms with Crippen LogP contribution in [0.2, 0.25) is 5.02 Å². The van der Waals surface area contributed by atoms with E-state index in [-0.39, 0.29) is 23.2 Å². The van der Waals surface area contributed by atoms with Crippen LogP contribution in [0.1, 0.15) is 29.9 Å². The molecule has 2 aromatic rings. The van der Waals surface area contributed by atoms with Crippen molar-refractivity contribution in [1.82, 2.24) is 4.31 Å². The third kappa shape index (κ3) is 4.69. The van der Waals surface area contributed by atoms with Crippen molar-refractivity contribution in [1.29, 1.82) is 0 Å².